The van der Waals surface area contributed by atoms with Crippen molar-refractivity contribution in [2.24, 2.45) is 5.92 Å². The first kappa shape index (κ1) is 15.1. The highest BCUT2D eigenvalue weighted by atomic mass is 32.2. The van der Waals surface area contributed by atoms with Crippen molar-refractivity contribution < 1.29 is 8.42 Å². The number of nitrogens with two attached hydrogens (primary N) is 1. The van der Waals surface area contributed by atoms with Crippen LogP contribution in [0.2, 0.25) is 0 Å². The zero-order chi connectivity index (χ0) is 14.8. The minimum Gasteiger partial charge on any atom is -0.397 e. The van der Waals surface area contributed by atoms with Crippen LogP contribution < -0.4 is 10.0 Å². The summed E-state index contributed by atoms with van der Waals surface area (Å²) in [6, 6.07) is 7.10. The summed E-state index contributed by atoms with van der Waals surface area (Å²) < 4.78 is 28.6. The van der Waals surface area contributed by atoms with E-state index in [0.29, 0.717) is 36.9 Å². The van der Waals surface area contributed by atoms with Crippen LogP contribution >= 0.6 is 0 Å². The van der Waals surface area contributed by atoms with Gasteiger partial charge in [0.05, 0.1) is 11.4 Å². The summed E-state index contributed by atoms with van der Waals surface area (Å²) in [7, 11) is -3.50. The van der Waals surface area contributed by atoms with E-state index in [1.54, 1.807) is 16.4 Å². The highest BCUT2D eigenvalue weighted by Crippen LogP contribution is 2.28. The molecule has 0 aromatic heterocycles. The van der Waals surface area contributed by atoms with Gasteiger partial charge in [0.15, 0.2) is 0 Å². The molecule has 0 saturated carbocycles. The number of nitrogen functional groups attached to an aromatic ring is 1. The molecule has 1 aromatic carbocycles. The summed E-state index contributed by atoms with van der Waals surface area (Å²) in [6.45, 7) is 5.48. The third-order valence-corrected chi connectivity index (χ3v) is 5.71. The van der Waals surface area contributed by atoms with Crippen molar-refractivity contribution in [2.75, 3.05) is 29.7 Å². The number of rotatable bonds is 4. The Bertz CT molecular complexity index is 559. The van der Waals surface area contributed by atoms with Crippen molar-refractivity contribution >= 4 is 21.6 Å². The van der Waals surface area contributed by atoms with Crippen molar-refractivity contribution in [1.29, 1.82) is 0 Å². The van der Waals surface area contributed by atoms with Gasteiger partial charge < -0.3 is 5.73 Å². The van der Waals surface area contributed by atoms with Crippen LogP contribution in [0.5, 0.6) is 0 Å². The van der Waals surface area contributed by atoms with Gasteiger partial charge in [0, 0.05) is 19.6 Å². The maximum atomic E-state index is 12.8. The molecular formula is C14H23N3O2S. The fourth-order valence-corrected chi connectivity index (χ4v) is 4.49. The average molecular weight is 297 g/mol. The molecule has 1 atom stereocenters. The normalized spacial score (nSPS) is 20.8. The monoisotopic (exact) mass is 297 g/mol. The minimum absolute atomic E-state index is 0.376. The number of hydrogen-bond acceptors (Lipinski definition) is 3. The average Bonchev–Trinajstić information content (AvgIpc) is 2.41. The fraction of sp³-hybridized carbons (Fsp3) is 0.571. The smallest absolute Gasteiger partial charge is 0.304 e. The lowest BCUT2D eigenvalue weighted by Gasteiger charge is -2.35. The van der Waals surface area contributed by atoms with Gasteiger partial charge in [0.25, 0.3) is 0 Å². The molecule has 1 heterocycles. The second-order valence-corrected chi connectivity index (χ2v) is 7.19. The first-order chi connectivity index (χ1) is 9.46. The zero-order valence-electron chi connectivity index (χ0n) is 12.1. The van der Waals surface area contributed by atoms with Gasteiger partial charge in [-0.15, -0.1) is 0 Å². The standard InChI is InChI=1S/C14H23N3O2S/c1-3-17(14-9-5-4-8-13(14)15)20(18,19)16-10-6-7-12(2)11-16/h4-5,8-9,12H,3,6-7,10-11,15H2,1-2H3. The van der Waals surface area contributed by atoms with Crippen LogP contribution in [-0.2, 0) is 10.2 Å². The van der Waals surface area contributed by atoms with E-state index in [-0.39, 0.29) is 0 Å². The number of benzene rings is 1. The van der Waals surface area contributed by atoms with E-state index in [1.807, 2.05) is 19.1 Å². The maximum Gasteiger partial charge on any atom is 0.304 e. The molecule has 0 spiro atoms. The summed E-state index contributed by atoms with van der Waals surface area (Å²) in [5.41, 5.74) is 6.98. The van der Waals surface area contributed by atoms with Crippen molar-refractivity contribution in [3.63, 3.8) is 0 Å². The van der Waals surface area contributed by atoms with Crippen molar-refractivity contribution in [2.45, 2.75) is 26.7 Å². The van der Waals surface area contributed by atoms with Crippen LogP contribution in [0.4, 0.5) is 11.4 Å². The lowest BCUT2D eigenvalue weighted by Crippen LogP contribution is -2.48. The summed E-state index contributed by atoms with van der Waals surface area (Å²) in [5.74, 6) is 0.408. The summed E-state index contributed by atoms with van der Waals surface area (Å²) in [4.78, 5) is 0. The highest BCUT2D eigenvalue weighted by molar-refractivity contribution is 7.90. The predicted octanol–water partition coefficient (Wildman–Crippen LogP) is 2.07. The quantitative estimate of drug-likeness (QED) is 0.865. The van der Waals surface area contributed by atoms with E-state index in [4.69, 9.17) is 5.73 Å². The molecule has 1 unspecified atom stereocenters. The van der Waals surface area contributed by atoms with Gasteiger partial charge >= 0.3 is 10.2 Å². The number of hydrogen-bond donors (Lipinski definition) is 1. The van der Waals surface area contributed by atoms with Crippen molar-refractivity contribution in [3.05, 3.63) is 24.3 Å². The largest absolute Gasteiger partial charge is 0.397 e. The summed E-state index contributed by atoms with van der Waals surface area (Å²) in [5, 5.41) is 0. The fourth-order valence-electron chi connectivity index (χ4n) is 2.67. The second-order valence-electron chi connectivity index (χ2n) is 5.34. The predicted molar refractivity (Wildman–Crippen MR) is 82.8 cm³/mol. The molecule has 0 radical (unpaired) electrons. The van der Waals surface area contributed by atoms with Crippen LogP contribution in [0.15, 0.2) is 24.3 Å². The van der Waals surface area contributed by atoms with E-state index in [1.165, 1.54) is 4.31 Å². The van der Waals surface area contributed by atoms with Gasteiger partial charge in [-0.2, -0.15) is 12.7 Å². The summed E-state index contributed by atoms with van der Waals surface area (Å²) >= 11 is 0. The van der Waals surface area contributed by atoms with Crippen LogP contribution in [0.1, 0.15) is 26.7 Å². The first-order valence-electron chi connectivity index (χ1n) is 7.09. The molecule has 112 valence electrons. The molecule has 2 N–H and O–H groups in total. The van der Waals surface area contributed by atoms with E-state index in [9.17, 15) is 8.42 Å². The molecule has 6 heteroatoms. The van der Waals surface area contributed by atoms with Crippen molar-refractivity contribution in [1.82, 2.24) is 4.31 Å². The molecule has 1 fully saturated rings. The number of nitrogens with zero attached hydrogens (tertiary/aromatic N) is 2. The van der Waals surface area contributed by atoms with Gasteiger partial charge in [-0.3, -0.25) is 4.31 Å². The van der Waals surface area contributed by atoms with E-state index >= 15 is 0 Å². The topological polar surface area (TPSA) is 66.6 Å². The minimum atomic E-state index is -3.50. The molecule has 2 rings (SSSR count). The number of anilines is 2. The van der Waals surface area contributed by atoms with Gasteiger partial charge in [0.2, 0.25) is 0 Å². The third kappa shape index (κ3) is 2.91. The second kappa shape index (κ2) is 6.01. The molecule has 0 bridgehead atoms. The Morgan fingerprint density at radius 2 is 2.10 bits per heavy atom. The Labute approximate surface area is 121 Å². The molecule has 0 amide bonds. The molecule has 1 aromatic rings. The Kier molecular flexibility index (Phi) is 4.55. The summed E-state index contributed by atoms with van der Waals surface area (Å²) in [6.07, 6.45) is 2.01. The van der Waals surface area contributed by atoms with Crippen LogP contribution in [-0.4, -0.2) is 32.4 Å². The van der Waals surface area contributed by atoms with Crippen LogP contribution in [0.25, 0.3) is 0 Å². The van der Waals surface area contributed by atoms with E-state index < -0.39 is 10.2 Å². The lowest BCUT2D eigenvalue weighted by atomic mass is 10.0. The molecule has 20 heavy (non-hydrogen) atoms. The Morgan fingerprint density at radius 1 is 1.40 bits per heavy atom. The molecule has 1 aliphatic rings. The first-order valence-corrected chi connectivity index (χ1v) is 8.48. The highest BCUT2D eigenvalue weighted by Gasteiger charge is 2.32. The molecule has 0 aliphatic carbocycles. The lowest BCUT2D eigenvalue weighted by molar-refractivity contribution is 0.280. The maximum absolute atomic E-state index is 12.8. The van der Waals surface area contributed by atoms with Gasteiger partial charge in [-0.25, -0.2) is 0 Å². The molecule has 1 aliphatic heterocycles. The SMILES string of the molecule is CCN(c1ccccc1N)S(=O)(=O)N1CCCC(C)C1. The van der Waals surface area contributed by atoms with Gasteiger partial charge in [0.1, 0.15) is 0 Å². The Hall–Kier alpha value is -1.27. The molecular weight excluding hydrogens is 274 g/mol. The number of piperidine rings is 1. The van der Waals surface area contributed by atoms with Crippen LogP contribution in [0.3, 0.4) is 0 Å². The van der Waals surface area contributed by atoms with Gasteiger partial charge in [-0.05, 0) is 37.8 Å². The molecule has 5 nitrogen and oxygen atoms in total. The van der Waals surface area contributed by atoms with E-state index in [0.717, 1.165) is 12.8 Å². The van der Waals surface area contributed by atoms with Crippen molar-refractivity contribution in [3.8, 4) is 0 Å². The van der Waals surface area contributed by atoms with Gasteiger partial charge in [-0.1, -0.05) is 19.1 Å². The zero-order valence-corrected chi connectivity index (χ0v) is 12.9. The molecule has 1 saturated heterocycles. The third-order valence-electron chi connectivity index (χ3n) is 3.72. The van der Waals surface area contributed by atoms with E-state index in [2.05, 4.69) is 6.92 Å². The Balaban J connectivity index is 2.33. The number of para-hydroxylation sites is 2. The van der Waals surface area contributed by atoms with Crippen LogP contribution in [0, 0.1) is 5.92 Å². The Morgan fingerprint density at radius 3 is 2.70 bits per heavy atom.